The van der Waals surface area contributed by atoms with Crippen molar-refractivity contribution < 1.29 is 17.9 Å². The van der Waals surface area contributed by atoms with Crippen molar-refractivity contribution in [1.29, 1.82) is 0 Å². The zero-order chi connectivity index (χ0) is 22.4. The molecule has 1 atom stereocenters. The van der Waals surface area contributed by atoms with Crippen molar-refractivity contribution in [2.24, 2.45) is 5.10 Å². The summed E-state index contributed by atoms with van der Waals surface area (Å²) in [5, 5.41) is 4.42. The van der Waals surface area contributed by atoms with E-state index in [0.717, 1.165) is 10.0 Å². The van der Waals surface area contributed by atoms with Gasteiger partial charge in [0.2, 0.25) is 10.0 Å². The van der Waals surface area contributed by atoms with E-state index in [9.17, 15) is 13.2 Å². The number of nitrogens with zero attached hydrogens (tertiary/aromatic N) is 2. The predicted molar refractivity (Wildman–Crippen MR) is 124 cm³/mol. The third-order valence-corrected chi connectivity index (χ3v) is 7.42. The first kappa shape index (κ1) is 23.5. The van der Waals surface area contributed by atoms with E-state index >= 15 is 0 Å². The van der Waals surface area contributed by atoms with Gasteiger partial charge in [-0.05, 0) is 76.8 Å². The number of halogens is 2. The zero-order valence-electron chi connectivity index (χ0n) is 16.5. The van der Waals surface area contributed by atoms with Crippen LogP contribution in [0, 0.1) is 0 Å². The van der Waals surface area contributed by atoms with Gasteiger partial charge in [0, 0.05) is 11.6 Å². The standard InChI is InChI=1S/C21H21BrClN3O4S/c1-2-12-30-20-10-5-15(13-18(20)22)14-24-25-21(27)19-4-3-11-26(19)31(28,29)17-8-6-16(23)7-9-17/h2,5-10,13-14,19H,1,3-4,11-12H2,(H,25,27)/t19-/m0/s1. The van der Waals surface area contributed by atoms with Gasteiger partial charge in [-0.3, -0.25) is 4.79 Å². The number of carbonyl (C=O) groups is 1. The Morgan fingerprint density at radius 3 is 2.74 bits per heavy atom. The Kier molecular flexibility index (Phi) is 7.88. The maximum atomic E-state index is 12.9. The molecule has 0 saturated carbocycles. The third-order valence-electron chi connectivity index (χ3n) is 4.63. The van der Waals surface area contributed by atoms with Crippen LogP contribution >= 0.6 is 27.5 Å². The molecule has 2 aromatic carbocycles. The molecule has 10 heteroatoms. The number of rotatable bonds is 8. The Morgan fingerprint density at radius 2 is 2.06 bits per heavy atom. The molecule has 1 saturated heterocycles. The smallest absolute Gasteiger partial charge is 0.258 e. The second-order valence-corrected chi connectivity index (χ2v) is 9.93. The number of ether oxygens (including phenoxy) is 1. The van der Waals surface area contributed by atoms with Gasteiger partial charge in [0.25, 0.3) is 5.91 Å². The fraction of sp³-hybridized carbons (Fsp3) is 0.238. The summed E-state index contributed by atoms with van der Waals surface area (Å²) in [6, 6.07) is 10.4. The molecule has 1 aliphatic rings. The first-order chi connectivity index (χ1) is 14.8. The van der Waals surface area contributed by atoms with Crippen LogP contribution in [0.4, 0.5) is 0 Å². The Balaban J connectivity index is 1.66. The van der Waals surface area contributed by atoms with E-state index in [1.165, 1.54) is 34.8 Å². The molecule has 0 spiro atoms. The third kappa shape index (κ3) is 5.74. The van der Waals surface area contributed by atoms with Crippen molar-refractivity contribution in [2.75, 3.05) is 13.2 Å². The van der Waals surface area contributed by atoms with E-state index in [4.69, 9.17) is 16.3 Å². The van der Waals surface area contributed by atoms with Gasteiger partial charge in [-0.1, -0.05) is 24.3 Å². The Bertz CT molecular complexity index is 1090. The highest BCUT2D eigenvalue weighted by Crippen LogP contribution is 2.27. The largest absolute Gasteiger partial charge is 0.488 e. The molecule has 0 unspecified atom stereocenters. The number of sulfonamides is 1. The summed E-state index contributed by atoms with van der Waals surface area (Å²) in [6.45, 7) is 4.26. The second kappa shape index (κ2) is 10.4. The van der Waals surface area contributed by atoms with Crippen LogP contribution in [0.1, 0.15) is 18.4 Å². The second-order valence-electron chi connectivity index (χ2n) is 6.75. The first-order valence-corrected chi connectivity index (χ1v) is 12.1. The van der Waals surface area contributed by atoms with Crippen LogP contribution < -0.4 is 10.2 Å². The molecule has 0 aliphatic carbocycles. The molecule has 0 radical (unpaired) electrons. The SMILES string of the molecule is C=CCOc1ccc(C=NNC(=O)[C@@H]2CCCN2S(=O)(=O)c2ccc(Cl)cc2)cc1Br. The van der Waals surface area contributed by atoms with Crippen LogP contribution in [-0.4, -0.2) is 44.0 Å². The summed E-state index contributed by atoms with van der Waals surface area (Å²) in [7, 11) is -3.81. The summed E-state index contributed by atoms with van der Waals surface area (Å²) in [5.74, 6) is 0.186. The first-order valence-electron chi connectivity index (χ1n) is 9.46. The van der Waals surface area contributed by atoms with E-state index in [-0.39, 0.29) is 11.4 Å². The normalized spacial score (nSPS) is 17.0. The van der Waals surface area contributed by atoms with Crippen molar-refractivity contribution in [1.82, 2.24) is 9.73 Å². The van der Waals surface area contributed by atoms with Crippen LogP contribution in [0.25, 0.3) is 0 Å². The monoisotopic (exact) mass is 525 g/mol. The molecule has 1 N–H and O–H groups in total. The molecule has 1 fully saturated rings. The topological polar surface area (TPSA) is 88.1 Å². The average Bonchev–Trinajstić information content (AvgIpc) is 3.24. The highest BCUT2D eigenvalue weighted by Gasteiger charge is 2.39. The summed E-state index contributed by atoms with van der Waals surface area (Å²) < 4.78 is 33.3. The number of benzene rings is 2. The average molecular weight is 527 g/mol. The number of amides is 1. The maximum Gasteiger partial charge on any atom is 0.258 e. The minimum Gasteiger partial charge on any atom is -0.488 e. The number of hydrogen-bond acceptors (Lipinski definition) is 5. The lowest BCUT2D eigenvalue weighted by atomic mass is 10.2. The lowest BCUT2D eigenvalue weighted by Crippen LogP contribution is -2.44. The van der Waals surface area contributed by atoms with Crippen molar-refractivity contribution >= 4 is 49.7 Å². The molecule has 164 valence electrons. The zero-order valence-corrected chi connectivity index (χ0v) is 19.7. The summed E-state index contributed by atoms with van der Waals surface area (Å²) in [5.41, 5.74) is 3.18. The van der Waals surface area contributed by atoms with Crippen LogP contribution in [0.5, 0.6) is 5.75 Å². The van der Waals surface area contributed by atoms with Crippen LogP contribution in [0.3, 0.4) is 0 Å². The lowest BCUT2D eigenvalue weighted by Gasteiger charge is -2.22. The Morgan fingerprint density at radius 1 is 1.32 bits per heavy atom. The van der Waals surface area contributed by atoms with Gasteiger partial charge >= 0.3 is 0 Å². The Labute approximate surface area is 194 Å². The van der Waals surface area contributed by atoms with Crippen molar-refractivity contribution in [2.45, 2.75) is 23.8 Å². The molecule has 31 heavy (non-hydrogen) atoms. The number of nitrogens with one attached hydrogen (secondary N) is 1. The van der Waals surface area contributed by atoms with Crippen LogP contribution in [-0.2, 0) is 14.8 Å². The minimum atomic E-state index is -3.81. The molecular weight excluding hydrogens is 506 g/mol. The fourth-order valence-electron chi connectivity index (χ4n) is 3.14. The van der Waals surface area contributed by atoms with Crippen LogP contribution in [0.15, 0.2) is 69.6 Å². The van der Waals surface area contributed by atoms with Gasteiger partial charge in [-0.2, -0.15) is 9.41 Å². The number of hydrazone groups is 1. The van der Waals surface area contributed by atoms with E-state index in [1.807, 2.05) is 0 Å². The summed E-state index contributed by atoms with van der Waals surface area (Å²) in [6.07, 6.45) is 4.15. The van der Waals surface area contributed by atoms with E-state index in [2.05, 4.69) is 33.0 Å². The van der Waals surface area contributed by atoms with Gasteiger partial charge in [0.05, 0.1) is 15.6 Å². The molecule has 0 bridgehead atoms. The fourth-order valence-corrected chi connectivity index (χ4v) is 5.43. The maximum absolute atomic E-state index is 12.9. The van der Waals surface area contributed by atoms with Crippen molar-refractivity contribution in [3.05, 3.63) is 70.2 Å². The van der Waals surface area contributed by atoms with Crippen molar-refractivity contribution in [3.8, 4) is 5.75 Å². The van der Waals surface area contributed by atoms with E-state index in [0.29, 0.717) is 30.2 Å². The number of carbonyl (C=O) groups excluding carboxylic acids is 1. The van der Waals surface area contributed by atoms with E-state index in [1.54, 1.807) is 24.3 Å². The van der Waals surface area contributed by atoms with Gasteiger partial charge in [-0.25, -0.2) is 13.8 Å². The number of hydrogen-bond donors (Lipinski definition) is 1. The lowest BCUT2D eigenvalue weighted by molar-refractivity contribution is -0.124. The predicted octanol–water partition coefficient (Wildman–Crippen LogP) is 3.97. The molecule has 3 rings (SSSR count). The van der Waals surface area contributed by atoms with Gasteiger partial charge in [0.15, 0.2) is 0 Å². The molecule has 2 aromatic rings. The van der Waals surface area contributed by atoms with Crippen LogP contribution in [0.2, 0.25) is 5.02 Å². The molecular formula is C21H21BrClN3O4S. The van der Waals surface area contributed by atoms with Gasteiger partial charge < -0.3 is 4.74 Å². The van der Waals surface area contributed by atoms with Crippen molar-refractivity contribution in [3.63, 3.8) is 0 Å². The summed E-state index contributed by atoms with van der Waals surface area (Å²) in [4.78, 5) is 12.7. The molecule has 0 aromatic heterocycles. The Hall–Kier alpha value is -2.20. The minimum absolute atomic E-state index is 0.101. The molecule has 1 heterocycles. The van der Waals surface area contributed by atoms with Gasteiger partial charge in [-0.15, -0.1) is 0 Å². The molecule has 1 aliphatic heterocycles. The molecule has 1 amide bonds. The molecule has 7 nitrogen and oxygen atoms in total. The van der Waals surface area contributed by atoms with E-state index < -0.39 is 22.0 Å². The highest BCUT2D eigenvalue weighted by atomic mass is 79.9. The quantitative estimate of drug-likeness (QED) is 0.320. The highest BCUT2D eigenvalue weighted by molar-refractivity contribution is 9.10. The summed E-state index contributed by atoms with van der Waals surface area (Å²) >= 11 is 9.27. The van der Waals surface area contributed by atoms with Gasteiger partial charge in [0.1, 0.15) is 18.4 Å².